The van der Waals surface area contributed by atoms with E-state index in [-0.39, 0.29) is 18.0 Å². The van der Waals surface area contributed by atoms with E-state index in [2.05, 4.69) is 71.1 Å². The SMILES string of the molecule is Cn1c2c(c3ccccc31)C[C@H]1C(C(N)=O)=CC[C@@H]2N1Cc1ccccc1. The van der Waals surface area contributed by atoms with Crippen molar-refractivity contribution in [1.29, 1.82) is 0 Å². The molecule has 2 bridgehead atoms. The summed E-state index contributed by atoms with van der Waals surface area (Å²) in [6.07, 6.45) is 3.72. The molecular formula is C23H23N3O. The van der Waals surface area contributed by atoms with E-state index in [0.717, 1.165) is 25.0 Å². The smallest absolute Gasteiger partial charge is 0.245 e. The van der Waals surface area contributed by atoms with Crippen LogP contribution >= 0.6 is 0 Å². The number of aryl methyl sites for hydroxylation is 1. The Morgan fingerprint density at radius 3 is 2.59 bits per heavy atom. The Kier molecular flexibility index (Phi) is 3.69. The monoisotopic (exact) mass is 357 g/mol. The molecule has 1 aromatic heterocycles. The molecule has 2 aromatic carbocycles. The number of amides is 1. The fourth-order valence-electron chi connectivity index (χ4n) is 5.01. The van der Waals surface area contributed by atoms with Gasteiger partial charge >= 0.3 is 0 Å². The minimum absolute atomic E-state index is 0.0414. The average Bonchev–Trinajstić information content (AvgIpc) is 2.95. The first-order valence-electron chi connectivity index (χ1n) is 9.51. The zero-order chi connectivity index (χ0) is 18.5. The van der Waals surface area contributed by atoms with E-state index < -0.39 is 0 Å². The minimum atomic E-state index is -0.291. The number of nitrogens with zero attached hydrogens (tertiary/aromatic N) is 2. The van der Waals surface area contributed by atoms with E-state index in [9.17, 15) is 4.79 Å². The quantitative estimate of drug-likeness (QED) is 0.780. The van der Waals surface area contributed by atoms with Crippen molar-refractivity contribution in [3.05, 3.63) is 83.1 Å². The van der Waals surface area contributed by atoms with Crippen LogP contribution in [-0.4, -0.2) is 21.4 Å². The molecular weight excluding hydrogens is 334 g/mol. The van der Waals surface area contributed by atoms with Crippen LogP contribution in [-0.2, 0) is 24.8 Å². The highest BCUT2D eigenvalue weighted by molar-refractivity contribution is 5.94. The second-order valence-corrected chi connectivity index (χ2v) is 7.59. The van der Waals surface area contributed by atoms with Crippen LogP contribution in [0.1, 0.15) is 29.3 Å². The molecule has 2 N–H and O–H groups in total. The highest BCUT2D eigenvalue weighted by atomic mass is 16.1. The zero-order valence-corrected chi connectivity index (χ0v) is 15.4. The number of carbonyl (C=O) groups is 1. The van der Waals surface area contributed by atoms with Gasteiger partial charge < -0.3 is 10.3 Å². The summed E-state index contributed by atoms with van der Waals surface area (Å²) in [6, 6.07) is 19.4. The number of hydrogen-bond acceptors (Lipinski definition) is 2. The molecule has 27 heavy (non-hydrogen) atoms. The molecule has 5 rings (SSSR count). The molecule has 2 aliphatic rings. The lowest BCUT2D eigenvalue weighted by Gasteiger charge is -2.46. The van der Waals surface area contributed by atoms with Crippen molar-refractivity contribution in [1.82, 2.24) is 9.47 Å². The third kappa shape index (κ3) is 2.44. The van der Waals surface area contributed by atoms with Crippen molar-refractivity contribution >= 4 is 16.8 Å². The Bertz CT molecular complexity index is 1060. The molecule has 0 unspecified atom stereocenters. The highest BCUT2D eigenvalue weighted by Crippen LogP contribution is 2.45. The highest BCUT2D eigenvalue weighted by Gasteiger charge is 2.42. The molecule has 0 radical (unpaired) electrons. The zero-order valence-electron chi connectivity index (χ0n) is 15.4. The molecule has 0 spiro atoms. The molecule has 2 atom stereocenters. The summed E-state index contributed by atoms with van der Waals surface area (Å²) < 4.78 is 2.34. The molecule has 0 saturated heterocycles. The Morgan fingerprint density at radius 1 is 1.07 bits per heavy atom. The van der Waals surface area contributed by atoms with Crippen LogP contribution in [0.3, 0.4) is 0 Å². The molecule has 1 amide bonds. The van der Waals surface area contributed by atoms with Gasteiger partial charge in [-0.25, -0.2) is 0 Å². The van der Waals surface area contributed by atoms with Crippen molar-refractivity contribution in [3.63, 3.8) is 0 Å². The van der Waals surface area contributed by atoms with E-state index in [1.807, 2.05) is 6.07 Å². The summed E-state index contributed by atoms with van der Waals surface area (Å²) in [4.78, 5) is 14.6. The first kappa shape index (κ1) is 16.3. The predicted molar refractivity (Wildman–Crippen MR) is 107 cm³/mol. The van der Waals surface area contributed by atoms with Crippen LogP contribution in [0, 0.1) is 0 Å². The maximum Gasteiger partial charge on any atom is 0.245 e. The van der Waals surface area contributed by atoms with Crippen LogP contribution in [0.25, 0.3) is 10.9 Å². The lowest BCUT2D eigenvalue weighted by molar-refractivity contribution is -0.115. The van der Waals surface area contributed by atoms with Gasteiger partial charge in [-0.3, -0.25) is 9.69 Å². The maximum absolute atomic E-state index is 12.2. The van der Waals surface area contributed by atoms with E-state index in [1.54, 1.807) is 0 Å². The van der Waals surface area contributed by atoms with Gasteiger partial charge in [0.2, 0.25) is 5.91 Å². The normalized spacial score (nSPS) is 21.7. The number of nitrogens with two attached hydrogens (primary N) is 1. The number of fused-ring (bicyclic) bond motifs is 6. The van der Waals surface area contributed by atoms with Crippen LogP contribution < -0.4 is 5.73 Å². The Hall–Kier alpha value is -2.85. The second kappa shape index (κ2) is 6.10. The average molecular weight is 357 g/mol. The van der Waals surface area contributed by atoms with Gasteiger partial charge in [0.15, 0.2) is 0 Å². The van der Waals surface area contributed by atoms with Crippen molar-refractivity contribution in [2.24, 2.45) is 12.8 Å². The topological polar surface area (TPSA) is 51.3 Å². The number of aromatic nitrogens is 1. The number of carbonyl (C=O) groups excluding carboxylic acids is 1. The summed E-state index contributed by atoms with van der Waals surface area (Å²) >= 11 is 0. The van der Waals surface area contributed by atoms with E-state index in [1.165, 1.54) is 27.7 Å². The predicted octanol–water partition coefficient (Wildman–Crippen LogP) is 3.46. The van der Waals surface area contributed by atoms with Gasteiger partial charge in [-0.05, 0) is 30.0 Å². The van der Waals surface area contributed by atoms with E-state index in [0.29, 0.717) is 0 Å². The molecule has 0 saturated carbocycles. The van der Waals surface area contributed by atoms with E-state index >= 15 is 0 Å². The Balaban J connectivity index is 1.67. The van der Waals surface area contributed by atoms with Gasteiger partial charge in [0, 0.05) is 41.8 Å². The van der Waals surface area contributed by atoms with Gasteiger partial charge in [-0.2, -0.15) is 0 Å². The fraction of sp³-hybridized carbons (Fsp3) is 0.261. The summed E-state index contributed by atoms with van der Waals surface area (Å²) in [5.41, 5.74) is 11.8. The summed E-state index contributed by atoms with van der Waals surface area (Å²) in [5, 5.41) is 1.30. The largest absolute Gasteiger partial charge is 0.366 e. The van der Waals surface area contributed by atoms with Gasteiger partial charge in [0.25, 0.3) is 0 Å². The van der Waals surface area contributed by atoms with Crippen molar-refractivity contribution in [2.45, 2.75) is 31.5 Å². The fourth-order valence-corrected chi connectivity index (χ4v) is 5.01. The van der Waals surface area contributed by atoms with Crippen molar-refractivity contribution in [3.8, 4) is 0 Å². The lowest BCUT2D eigenvalue weighted by Crippen LogP contribution is -2.49. The van der Waals surface area contributed by atoms with Crippen LogP contribution in [0.5, 0.6) is 0 Å². The third-order valence-electron chi connectivity index (χ3n) is 6.19. The van der Waals surface area contributed by atoms with Gasteiger partial charge in [-0.15, -0.1) is 0 Å². The van der Waals surface area contributed by atoms with Crippen LogP contribution in [0.4, 0.5) is 0 Å². The standard InChI is InChI=1S/C23H23N3O/c1-25-19-10-6-5-9-16(19)18-13-21-17(23(24)27)11-12-20(22(18)25)26(21)14-15-7-3-2-4-8-15/h2-11,20-21H,12-14H2,1H3,(H2,24,27)/t20-,21-/m0/s1. The van der Waals surface area contributed by atoms with Crippen LogP contribution in [0.2, 0.25) is 0 Å². The summed E-state index contributed by atoms with van der Waals surface area (Å²) in [6.45, 7) is 0.821. The third-order valence-corrected chi connectivity index (χ3v) is 6.19. The Morgan fingerprint density at radius 2 is 1.81 bits per heavy atom. The summed E-state index contributed by atoms with van der Waals surface area (Å²) in [7, 11) is 2.16. The number of rotatable bonds is 3. The second-order valence-electron chi connectivity index (χ2n) is 7.59. The summed E-state index contributed by atoms with van der Waals surface area (Å²) in [5.74, 6) is -0.291. The Labute approximate surface area is 158 Å². The van der Waals surface area contributed by atoms with Gasteiger partial charge in [0.05, 0.1) is 6.04 Å². The van der Waals surface area contributed by atoms with Crippen LogP contribution in [0.15, 0.2) is 66.2 Å². The minimum Gasteiger partial charge on any atom is -0.366 e. The molecule has 0 aliphatic carbocycles. The number of hydrogen-bond donors (Lipinski definition) is 1. The number of benzene rings is 2. The van der Waals surface area contributed by atoms with Gasteiger partial charge in [0.1, 0.15) is 0 Å². The number of primary amides is 1. The molecule has 4 nitrogen and oxygen atoms in total. The molecule has 4 heteroatoms. The molecule has 3 heterocycles. The van der Waals surface area contributed by atoms with Gasteiger partial charge in [-0.1, -0.05) is 54.6 Å². The number of para-hydroxylation sites is 1. The van der Waals surface area contributed by atoms with Crippen molar-refractivity contribution in [2.75, 3.05) is 0 Å². The molecule has 0 fully saturated rings. The van der Waals surface area contributed by atoms with Crippen molar-refractivity contribution < 1.29 is 4.79 Å². The first-order chi connectivity index (χ1) is 13.1. The molecule has 2 aliphatic heterocycles. The maximum atomic E-state index is 12.2. The lowest BCUT2D eigenvalue weighted by atomic mass is 9.81. The first-order valence-corrected chi connectivity index (χ1v) is 9.51. The molecule has 136 valence electrons. The molecule has 3 aromatic rings. The van der Waals surface area contributed by atoms with E-state index in [4.69, 9.17) is 5.73 Å².